The van der Waals surface area contributed by atoms with E-state index < -0.39 is 0 Å². The molecule has 1 aromatic carbocycles. The van der Waals surface area contributed by atoms with Crippen molar-refractivity contribution < 1.29 is 4.79 Å². The van der Waals surface area contributed by atoms with Crippen LogP contribution in [0.15, 0.2) is 18.2 Å². The Morgan fingerprint density at radius 2 is 2.05 bits per heavy atom. The first-order valence-corrected chi connectivity index (χ1v) is 8.44. The minimum atomic E-state index is -0.122. The second kappa shape index (κ2) is 6.69. The number of fused-ring (bicyclic) bond motifs is 1. The van der Waals surface area contributed by atoms with Crippen molar-refractivity contribution in [2.24, 2.45) is 13.0 Å². The molecule has 0 bridgehead atoms. The minimum Gasteiger partial charge on any atom is -0.350 e. The van der Waals surface area contributed by atoms with Crippen LogP contribution in [0.5, 0.6) is 0 Å². The van der Waals surface area contributed by atoms with Gasteiger partial charge in [-0.15, -0.1) is 0 Å². The SMILES string of the molecule is Cn1nc(C(=O)NCC2CCCCCC2)c2c(Cl)cccc21. The summed E-state index contributed by atoms with van der Waals surface area (Å²) < 4.78 is 1.71. The predicted octanol–water partition coefficient (Wildman–Crippen LogP) is 3.93. The molecule has 5 heteroatoms. The van der Waals surface area contributed by atoms with Gasteiger partial charge >= 0.3 is 0 Å². The van der Waals surface area contributed by atoms with E-state index in [9.17, 15) is 4.79 Å². The van der Waals surface area contributed by atoms with Gasteiger partial charge in [0.05, 0.1) is 15.9 Å². The highest BCUT2D eigenvalue weighted by Crippen LogP contribution is 2.26. The van der Waals surface area contributed by atoms with Crippen molar-refractivity contribution in [3.05, 3.63) is 28.9 Å². The number of halogens is 1. The highest BCUT2D eigenvalue weighted by atomic mass is 35.5. The molecule has 2 aromatic rings. The van der Waals surface area contributed by atoms with E-state index in [1.165, 1.54) is 38.5 Å². The number of carbonyl (C=O) groups is 1. The topological polar surface area (TPSA) is 46.9 Å². The maximum absolute atomic E-state index is 12.5. The van der Waals surface area contributed by atoms with E-state index in [4.69, 9.17) is 11.6 Å². The smallest absolute Gasteiger partial charge is 0.272 e. The lowest BCUT2D eigenvalue weighted by Crippen LogP contribution is -2.29. The van der Waals surface area contributed by atoms with Crippen LogP contribution >= 0.6 is 11.6 Å². The van der Waals surface area contributed by atoms with Crippen LogP contribution in [0.2, 0.25) is 5.02 Å². The van der Waals surface area contributed by atoms with Crippen LogP contribution in [0, 0.1) is 5.92 Å². The Bertz CT molecular complexity index is 672. The number of aromatic nitrogens is 2. The van der Waals surface area contributed by atoms with E-state index in [0.29, 0.717) is 16.6 Å². The fourth-order valence-corrected chi connectivity index (χ4v) is 3.58. The zero-order valence-electron chi connectivity index (χ0n) is 12.9. The van der Waals surface area contributed by atoms with Gasteiger partial charge in [0.15, 0.2) is 5.69 Å². The summed E-state index contributed by atoms with van der Waals surface area (Å²) in [7, 11) is 1.83. The van der Waals surface area contributed by atoms with E-state index in [2.05, 4.69) is 10.4 Å². The van der Waals surface area contributed by atoms with Gasteiger partial charge in [0, 0.05) is 13.6 Å². The Labute approximate surface area is 135 Å². The zero-order valence-corrected chi connectivity index (χ0v) is 13.7. The third-order valence-corrected chi connectivity index (χ3v) is 4.88. The molecule has 1 fully saturated rings. The van der Waals surface area contributed by atoms with Gasteiger partial charge in [-0.25, -0.2) is 0 Å². The van der Waals surface area contributed by atoms with Crippen LogP contribution < -0.4 is 5.32 Å². The van der Waals surface area contributed by atoms with Crippen molar-refractivity contribution in [3.63, 3.8) is 0 Å². The van der Waals surface area contributed by atoms with Gasteiger partial charge < -0.3 is 5.32 Å². The molecule has 0 atom stereocenters. The first-order valence-electron chi connectivity index (χ1n) is 8.06. The van der Waals surface area contributed by atoms with Gasteiger partial charge in [-0.05, 0) is 30.9 Å². The first-order chi connectivity index (χ1) is 10.7. The number of hydrogen-bond acceptors (Lipinski definition) is 2. The van der Waals surface area contributed by atoms with Crippen molar-refractivity contribution >= 4 is 28.4 Å². The van der Waals surface area contributed by atoms with Crippen LogP contribution in [-0.2, 0) is 7.05 Å². The third kappa shape index (κ3) is 3.12. The molecule has 0 saturated heterocycles. The Balaban J connectivity index is 1.75. The third-order valence-electron chi connectivity index (χ3n) is 4.57. The van der Waals surface area contributed by atoms with Crippen molar-refractivity contribution in [3.8, 4) is 0 Å². The molecule has 0 radical (unpaired) electrons. The number of rotatable bonds is 3. The predicted molar refractivity (Wildman–Crippen MR) is 89.2 cm³/mol. The maximum Gasteiger partial charge on any atom is 0.272 e. The van der Waals surface area contributed by atoms with Crippen LogP contribution in [0.25, 0.3) is 10.9 Å². The van der Waals surface area contributed by atoms with E-state index in [-0.39, 0.29) is 5.91 Å². The van der Waals surface area contributed by atoms with Crippen LogP contribution in [0.1, 0.15) is 49.0 Å². The van der Waals surface area contributed by atoms with Crippen molar-refractivity contribution in [2.75, 3.05) is 6.54 Å². The molecule has 0 spiro atoms. The molecule has 3 rings (SSSR count). The largest absolute Gasteiger partial charge is 0.350 e. The number of nitrogens with one attached hydrogen (secondary N) is 1. The van der Waals surface area contributed by atoms with Gasteiger partial charge in [-0.1, -0.05) is 43.4 Å². The summed E-state index contributed by atoms with van der Waals surface area (Å²) in [5, 5.41) is 8.72. The zero-order chi connectivity index (χ0) is 15.5. The summed E-state index contributed by atoms with van der Waals surface area (Å²) in [6.07, 6.45) is 7.63. The van der Waals surface area contributed by atoms with Gasteiger partial charge in [0.25, 0.3) is 5.91 Å². The summed E-state index contributed by atoms with van der Waals surface area (Å²) in [5.74, 6) is 0.472. The Morgan fingerprint density at radius 1 is 1.32 bits per heavy atom. The summed E-state index contributed by atoms with van der Waals surface area (Å²) >= 11 is 6.26. The fraction of sp³-hybridized carbons (Fsp3) is 0.529. The van der Waals surface area contributed by atoms with E-state index >= 15 is 0 Å². The average molecular weight is 320 g/mol. The number of amides is 1. The highest BCUT2D eigenvalue weighted by molar-refractivity contribution is 6.36. The summed E-state index contributed by atoms with van der Waals surface area (Å²) in [5.41, 5.74) is 1.31. The van der Waals surface area contributed by atoms with Gasteiger partial charge in [0.1, 0.15) is 0 Å². The Morgan fingerprint density at radius 3 is 2.77 bits per heavy atom. The second-order valence-corrected chi connectivity index (χ2v) is 6.58. The lowest BCUT2D eigenvalue weighted by atomic mass is 10.0. The molecule has 22 heavy (non-hydrogen) atoms. The monoisotopic (exact) mass is 319 g/mol. The molecule has 118 valence electrons. The summed E-state index contributed by atoms with van der Waals surface area (Å²) in [6.45, 7) is 0.737. The number of benzene rings is 1. The van der Waals surface area contributed by atoms with Gasteiger partial charge in [-0.3, -0.25) is 9.48 Å². The van der Waals surface area contributed by atoms with Crippen molar-refractivity contribution in [1.29, 1.82) is 0 Å². The molecular weight excluding hydrogens is 298 g/mol. The summed E-state index contributed by atoms with van der Waals surface area (Å²) in [4.78, 5) is 12.5. The van der Waals surface area contributed by atoms with E-state index in [1.807, 2.05) is 19.2 Å². The standard InChI is InChI=1S/C17H22ClN3O/c1-21-14-10-6-9-13(18)15(14)16(20-21)17(22)19-11-12-7-4-2-3-5-8-12/h6,9-10,12H,2-5,7-8,11H2,1H3,(H,19,22). The molecule has 1 saturated carbocycles. The number of carbonyl (C=O) groups excluding carboxylic acids is 1. The lowest BCUT2D eigenvalue weighted by Gasteiger charge is -2.14. The molecule has 1 heterocycles. The van der Waals surface area contributed by atoms with Crippen molar-refractivity contribution in [1.82, 2.24) is 15.1 Å². The number of nitrogens with zero attached hydrogens (tertiary/aromatic N) is 2. The van der Waals surface area contributed by atoms with E-state index in [0.717, 1.165) is 17.4 Å². The van der Waals surface area contributed by atoms with Gasteiger partial charge in [0.2, 0.25) is 0 Å². The van der Waals surface area contributed by atoms with E-state index in [1.54, 1.807) is 10.7 Å². The number of aryl methyl sites for hydroxylation is 1. The molecule has 1 aliphatic carbocycles. The van der Waals surface area contributed by atoms with Gasteiger partial charge in [-0.2, -0.15) is 5.10 Å². The summed E-state index contributed by atoms with van der Waals surface area (Å²) in [6, 6.07) is 5.60. The molecule has 0 unspecified atom stereocenters. The minimum absolute atomic E-state index is 0.122. The maximum atomic E-state index is 12.5. The molecule has 1 amide bonds. The molecule has 1 aromatic heterocycles. The first kappa shape index (κ1) is 15.3. The molecule has 0 aliphatic heterocycles. The normalized spacial score (nSPS) is 16.6. The van der Waals surface area contributed by atoms with Crippen LogP contribution in [0.4, 0.5) is 0 Å². The average Bonchev–Trinajstić information content (AvgIpc) is 2.70. The second-order valence-electron chi connectivity index (χ2n) is 6.17. The Hall–Kier alpha value is -1.55. The highest BCUT2D eigenvalue weighted by Gasteiger charge is 2.20. The molecule has 4 nitrogen and oxygen atoms in total. The lowest BCUT2D eigenvalue weighted by molar-refractivity contribution is 0.0941. The van der Waals surface area contributed by atoms with Crippen molar-refractivity contribution in [2.45, 2.75) is 38.5 Å². The number of hydrogen-bond donors (Lipinski definition) is 1. The van der Waals surface area contributed by atoms with Crippen LogP contribution in [0.3, 0.4) is 0 Å². The molecule has 1 N–H and O–H groups in total. The Kier molecular flexibility index (Phi) is 4.67. The fourth-order valence-electron chi connectivity index (χ4n) is 3.32. The molecule has 1 aliphatic rings. The van der Waals surface area contributed by atoms with Crippen LogP contribution in [-0.4, -0.2) is 22.2 Å². The molecular formula is C17H22ClN3O. The quantitative estimate of drug-likeness (QED) is 0.871.